The van der Waals surface area contributed by atoms with Gasteiger partial charge in [0.25, 0.3) is 5.91 Å². The zero-order valence-electron chi connectivity index (χ0n) is 14.7. The molecule has 2 aromatic carbocycles. The lowest BCUT2D eigenvalue weighted by molar-refractivity contribution is -0.138. The van der Waals surface area contributed by atoms with Crippen LogP contribution in [-0.4, -0.2) is 24.0 Å². The molecule has 1 amide bonds. The summed E-state index contributed by atoms with van der Waals surface area (Å²) in [6.45, 7) is 3.41. The Morgan fingerprint density at radius 3 is 2.50 bits per heavy atom. The zero-order valence-corrected chi connectivity index (χ0v) is 14.7. The first-order valence-corrected chi connectivity index (χ1v) is 8.23. The number of hydrogen-bond acceptors (Lipinski definition) is 3. The Morgan fingerprint density at radius 1 is 1.08 bits per heavy atom. The zero-order chi connectivity index (χ0) is 18.8. The molecule has 2 atom stereocenters. The summed E-state index contributed by atoms with van der Waals surface area (Å²) in [7, 11) is 1.64. The van der Waals surface area contributed by atoms with Crippen LogP contribution < -0.4 is 4.74 Å². The van der Waals surface area contributed by atoms with Gasteiger partial charge in [0, 0.05) is 18.5 Å². The summed E-state index contributed by atoms with van der Waals surface area (Å²) in [6, 6.07) is 12.3. The fourth-order valence-corrected chi connectivity index (χ4v) is 2.68. The number of benzene rings is 2. The lowest BCUT2D eigenvalue weighted by Gasteiger charge is -2.26. The maximum Gasteiger partial charge on any atom is 0.263 e. The molecule has 1 heterocycles. The molecule has 0 bridgehead atoms. The van der Waals surface area contributed by atoms with Gasteiger partial charge >= 0.3 is 0 Å². The highest BCUT2D eigenvalue weighted by atomic mass is 19.2. The summed E-state index contributed by atoms with van der Waals surface area (Å²) in [5.41, 5.74) is 0.751. The van der Waals surface area contributed by atoms with E-state index >= 15 is 0 Å². The van der Waals surface area contributed by atoms with Gasteiger partial charge in [0.15, 0.2) is 17.7 Å². The Bertz CT molecular complexity index is 905. The van der Waals surface area contributed by atoms with Crippen LogP contribution in [0.25, 0.3) is 11.0 Å². The van der Waals surface area contributed by atoms with Gasteiger partial charge in [-0.15, -0.1) is 0 Å². The van der Waals surface area contributed by atoms with E-state index in [-0.39, 0.29) is 17.7 Å². The first-order valence-electron chi connectivity index (χ1n) is 8.23. The molecule has 136 valence electrons. The van der Waals surface area contributed by atoms with E-state index in [1.165, 1.54) is 11.0 Å². The second-order valence-corrected chi connectivity index (χ2v) is 6.15. The number of amides is 1. The van der Waals surface area contributed by atoms with Gasteiger partial charge in [0.1, 0.15) is 17.1 Å². The molecule has 0 radical (unpaired) electrons. The number of ether oxygens (including phenoxy) is 1. The summed E-state index contributed by atoms with van der Waals surface area (Å²) in [4.78, 5) is 14.1. The molecule has 0 aliphatic carbocycles. The quantitative estimate of drug-likeness (QED) is 0.663. The van der Waals surface area contributed by atoms with Gasteiger partial charge < -0.3 is 14.1 Å². The van der Waals surface area contributed by atoms with Crippen molar-refractivity contribution in [2.75, 3.05) is 7.05 Å². The molecule has 0 fully saturated rings. The van der Waals surface area contributed by atoms with Gasteiger partial charge in [-0.25, -0.2) is 8.78 Å². The molecule has 4 nitrogen and oxygen atoms in total. The van der Waals surface area contributed by atoms with Crippen LogP contribution in [0.3, 0.4) is 0 Å². The van der Waals surface area contributed by atoms with Crippen molar-refractivity contribution in [3.05, 3.63) is 65.9 Å². The number of likely N-dealkylation sites (N-methyl/N-ethyl adjacent to an activating group) is 1. The van der Waals surface area contributed by atoms with Crippen molar-refractivity contribution in [2.24, 2.45) is 0 Å². The first kappa shape index (κ1) is 17.9. The number of rotatable bonds is 5. The predicted octanol–water partition coefficient (Wildman–Crippen LogP) is 4.70. The first-order chi connectivity index (χ1) is 12.4. The molecule has 1 aromatic heterocycles. The number of halogens is 2. The maximum atomic E-state index is 13.3. The van der Waals surface area contributed by atoms with Crippen molar-refractivity contribution in [3.8, 4) is 5.75 Å². The molecule has 0 N–H and O–H groups in total. The minimum atomic E-state index is -1.02. The third-order valence-corrected chi connectivity index (χ3v) is 4.34. The average molecular weight is 359 g/mol. The Kier molecular flexibility index (Phi) is 4.93. The number of furan rings is 1. The third-order valence-electron chi connectivity index (χ3n) is 4.34. The van der Waals surface area contributed by atoms with Crippen molar-refractivity contribution in [3.63, 3.8) is 0 Å². The summed E-state index contributed by atoms with van der Waals surface area (Å²) in [6.07, 6.45) is -0.864. The fourth-order valence-electron chi connectivity index (χ4n) is 2.68. The van der Waals surface area contributed by atoms with Gasteiger partial charge in [-0.1, -0.05) is 18.2 Å². The lowest BCUT2D eigenvalue weighted by atomic mass is 10.2. The highest BCUT2D eigenvalue weighted by Crippen LogP contribution is 2.27. The number of para-hydroxylation sites is 1. The van der Waals surface area contributed by atoms with E-state index in [1.54, 1.807) is 14.0 Å². The van der Waals surface area contributed by atoms with E-state index in [0.717, 1.165) is 23.1 Å². The summed E-state index contributed by atoms with van der Waals surface area (Å²) in [5.74, 6) is -1.54. The van der Waals surface area contributed by atoms with Crippen molar-refractivity contribution >= 4 is 16.9 Å². The van der Waals surface area contributed by atoms with Crippen molar-refractivity contribution in [1.29, 1.82) is 0 Å². The van der Waals surface area contributed by atoms with E-state index in [9.17, 15) is 13.6 Å². The average Bonchev–Trinajstić information content (AvgIpc) is 3.07. The highest BCUT2D eigenvalue weighted by molar-refractivity contribution is 5.82. The molecule has 26 heavy (non-hydrogen) atoms. The van der Waals surface area contributed by atoms with Crippen LogP contribution in [0.1, 0.15) is 25.6 Å². The normalized spacial score (nSPS) is 13.4. The van der Waals surface area contributed by atoms with E-state index in [0.29, 0.717) is 5.76 Å². The van der Waals surface area contributed by atoms with Crippen molar-refractivity contribution in [2.45, 2.75) is 26.0 Å². The highest BCUT2D eigenvalue weighted by Gasteiger charge is 2.26. The number of carbonyl (C=O) groups excluding carboxylic acids is 1. The molecule has 0 saturated carbocycles. The molecule has 0 aliphatic rings. The largest absolute Gasteiger partial charge is 0.481 e. The van der Waals surface area contributed by atoms with Crippen LogP contribution in [0, 0.1) is 11.6 Å². The Hall–Kier alpha value is -2.89. The Balaban J connectivity index is 1.71. The molecule has 0 saturated heterocycles. The van der Waals surface area contributed by atoms with Gasteiger partial charge in [-0.05, 0) is 38.1 Å². The van der Waals surface area contributed by atoms with Crippen LogP contribution >= 0.6 is 0 Å². The second-order valence-electron chi connectivity index (χ2n) is 6.15. The van der Waals surface area contributed by atoms with Gasteiger partial charge in [-0.3, -0.25) is 4.79 Å². The van der Waals surface area contributed by atoms with Crippen LogP contribution in [0.15, 0.2) is 52.9 Å². The van der Waals surface area contributed by atoms with E-state index in [4.69, 9.17) is 9.15 Å². The minimum absolute atomic E-state index is 0.0922. The topological polar surface area (TPSA) is 42.7 Å². The standard InChI is InChI=1S/C20H19F2NO3/c1-12(19-10-14-6-4-5-7-18(14)26-19)23(3)20(24)13(2)25-15-8-9-16(21)17(22)11-15/h4-13H,1-3H3. The molecule has 2 unspecified atom stereocenters. The monoisotopic (exact) mass is 359 g/mol. The maximum absolute atomic E-state index is 13.3. The van der Waals surface area contributed by atoms with Crippen LogP contribution in [-0.2, 0) is 4.79 Å². The van der Waals surface area contributed by atoms with E-state index in [1.807, 2.05) is 37.3 Å². The minimum Gasteiger partial charge on any atom is -0.481 e. The number of hydrogen-bond donors (Lipinski definition) is 0. The molecule has 0 aliphatic heterocycles. The molecule has 3 aromatic rings. The molecular formula is C20H19F2NO3. The van der Waals surface area contributed by atoms with Gasteiger partial charge in [-0.2, -0.15) is 0 Å². The Labute approximate surface area is 150 Å². The number of fused-ring (bicyclic) bond motifs is 1. The smallest absolute Gasteiger partial charge is 0.263 e. The van der Waals surface area contributed by atoms with Crippen molar-refractivity contribution < 1.29 is 22.7 Å². The van der Waals surface area contributed by atoms with Crippen molar-refractivity contribution in [1.82, 2.24) is 4.90 Å². The number of carbonyl (C=O) groups is 1. The third kappa shape index (κ3) is 3.54. The molecule has 6 heteroatoms. The van der Waals surface area contributed by atoms with Gasteiger partial charge in [0.05, 0.1) is 6.04 Å². The van der Waals surface area contributed by atoms with Gasteiger partial charge in [0.2, 0.25) is 0 Å². The summed E-state index contributed by atoms with van der Waals surface area (Å²) >= 11 is 0. The summed E-state index contributed by atoms with van der Waals surface area (Å²) < 4.78 is 37.5. The summed E-state index contributed by atoms with van der Waals surface area (Å²) in [5, 5.41) is 0.960. The van der Waals surface area contributed by atoms with Crippen LogP contribution in [0.4, 0.5) is 8.78 Å². The van der Waals surface area contributed by atoms with Crippen LogP contribution in [0.2, 0.25) is 0 Å². The predicted molar refractivity (Wildman–Crippen MR) is 93.8 cm³/mol. The second kappa shape index (κ2) is 7.15. The molecular weight excluding hydrogens is 340 g/mol. The van der Waals surface area contributed by atoms with E-state index in [2.05, 4.69) is 0 Å². The fraction of sp³-hybridized carbons (Fsp3) is 0.250. The lowest BCUT2D eigenvalue weighted by Crippen LogP contribution is -2.39. The van der Waals surface area contributed by atoms with E-state index < -0.39 is 17.7 Å². The number of nitrogens with zero attached hydrogens (tertiary/aromatic N) is 1. The van der Waals surface area contributed by atoms with Crippen LogP contribution in [0.5, 0.6) is 5.75 Å². The molecule has 0 spiro atoms. The Morgan fingerprint density at radius 2 is 1.81 bits per heavy atom. The SMILES string of the molecule is CC(Oc1ccc(F)c(F)c1)C(=O)N(C)C(C)c1cc2ccccc2o1. The molecule has 3 rings (SSSR count).